The van der Waals surface area contributed by atoms with Gasteiger partial charge in [-0.25, -0.2) is 0 Å². The first-order valence-electron chi connectivity index (χ1n) is 8.84. The third-order valence-electron chi connectivity index (χ3n) is 4.28. The standard InChI is InChI=1S/C19H23BrN4O3/c1-21-19(22-8-14-26-16-6-4-15(20)5-7-16)24-11-9-23(10-12-24)18(25)17-3-2-13-27-17/h2-7,13H,8-12,14H2,1H3,(H,21,22). The zero-order chi connectivity index (χ0) is 19.1. The molecule has 1 aromatic heterocycles. The minimum Gasteiger partial charge on any atom is -0.492 e. The van der Waals surface area contributed by atoms with Crippen molar-refractivity contribution in [3.8, 4) is 5.75 Å². The number of amides is 1. The SMILES string of the molecule is CN=C(NCCOc1ccc(Br)cc1)N1CCN(C(=O)c2ccco2)CC1. The molecule has 1 aliphatic heterocycles. The van der Waals surface area contributed by atoms with Crippen molar-refractivity contribution in [1.29, 1.82) is 0 Å². The molecule has 1 saturated heterocycles. The Hall–Kier alpha value is -2.48. The van der Waals surface area contributed by atoms with Crippen molar-refractivity contribution in [3.63, 3.8) is 0 Å². The summed E-state index contributed by atoms with van der Waals surface area (Å²) in [4.78, 5) is 20.6. The van der Waals surface area contributed by atoms with Crippen LogP contribution in [0.3, 0.4) is 0 Å². The minimum atomic E-state index is -0.0644. The van der Waals surface area contributed by atoms with Crippen molar-refractivity contribution in [3.05, 3.63) is 52.9 Å². The number of halogens is 1. The van der Waals surface area contributed by atoms with Gasteiger partial charge in [0.15, 0.2) is 11.7 Å². The molecule has 0 saturated carbocycles. The average molecular weight is 435 g/mol. The van der Waals surface area contributed by atoms with E-state index in [0.29, 0.717) is 32.0 Å². The Morgan fingerprint density at radius 3 is 2.52 bits per heavy atom. The summed E-state index contributed by atoms with van der Waals surface area (Å²) in [6.07, 6.45) is 1.52. The molecule has 0 atom stereocenters. The number of nitrogens with zero attached hydrogens (tertiary/aromatic N) is 3. The third-order valence-corrected chi connectivity index (χ3v) is 4.81. The molecule has 8 heteroatoms. The largest absolute Gasteiger partial charge is 0.492 e. The molecule has 0 bridgehead atoms. The van der Waals surface area contributed by atoms with Gasteiger partial charge in [0, 0.05) is 37.7 Å². The summed E-state index contributed by atoms with van der Waals surface area (Å²) >= 11 is 3.41. The maximum atomic E-state index is 12.3. The Labute approximate surface area is 167 Å². The van der Waals surface area contributed by atoms with E-state index in [9.17, 15) is 4.79 Å². The second-order valence-corrected chi connectivity index (χ2v) is 6.95. The number of rotatable bonds is 5. The van der Waals surface area contributed by atoms with Gasteiger partial charge in [-0.05, 0) is 36.4 Å². The molecular formula is C19H23BrN4O3. The molecule has 1 fully saturated rings. The molecule has 0 radical (unpaired) electrons. The minimum absolute atomic E-state index is 0.0644. The summed E-state index contributed by atoms with van der Waals surface area (Å²) in [5.74, 6) is 1.97. The normalized spacial score (nSPS) is 15.0. The zero-order valence-electron chi connectivity index (χ0n) is 15.2. The molecule has 2 heterocycles. The van der Waals surface area contributed by atoms with Gasteiger partial charge in [0.2, 0.25) is 0 Å². The van der Waals surface area contributed by atoms with E-state index in [1.807, 2.05) is 24.3 Å². The maximum absolute atomic E-state index is 12.3. The lowest BCUT2D eigenvalue weighted by Gasteiger charge is -2.36. The molecule has 1 amide bonds. The summed E-state index contributed by atoms with van der Waals surface area (Å²) < 4.78 is 11.9. The van der Waals surface area contributed by atoms with Crippen LogP contribution in [0.2, 0.25) is 0 Å². The molecule has 27 heavy (non-hydrogen) atoms. The van der Waals surface area contributed by atoms with Crippen LogP contribution in [0, 0.1) is 0 Å². The van der Waals surface area contributed by atoms with Crippen LogP contribution in [0.1, 0.15) is 10.6 Å². The molecule has 7 nitrogen and oxygen atoms in total. The van der Waals surface area contributed by atoms with Gasteiger partial charge in [-0.1, -0.05) is 15.9 Å². The van der Waals surface area contributed by atoms with E-state index in [1.54, 1.807) is 24.1 Å². The van der Waals surface area contributed by atoms with Gasteiger partial charge in [0.1, 0.15) is 12.4 Å². The van der Waals surface area contributed by atoms with E-state index in [-0.39, 0.29) is 5.91 Å². The first-order valence-corrected chi connectivity index (χ1v) is 9.63. The van der Waals surface area contributed by atoms with Crippen LogP contribution in [-0.2, 0) is 0 Å². The van der Waals surface area contributed by atoms with Crippen LogP contribution in [0.5, 0.6) is 5.75 Å². The van der Waals surface area contributed by atoms with E-state index < -0.39 is 0 Å². The van der Waals surface area contributed by atoms with Gasteiger partial charge in [-0.15, -0.1) is 0 Å². The number of carbonyl (C=O) groups is 1. The molecule has 3 rings (SSSR count). The number of hydrogen-bond acceptors (Lipinski definition) is 4. The smallest absolute Gasteiger partial charge is 0.289 e. The number of piperazine rings is 1. The summed E-state index contributed by atoms with van der Waals surface area (Å²) in [6.45, 7) is 3.90. The van der Waals surface area contributed by atoms with Gasteiger partial charge in [0.05, 0.1) is 12.8 Å². The predicted molar refractivity (Wildman–Crippen MR) is 107 cm³/mol. The number of carbonyl (C=O) groups excluding carboxylic acids is 1. The molecule has 0 unspecified atom stereocenters. The molecule has 2 aromatic rings. The number of aliphatic imine (C=N–C) groups is 1. The number of benzene rings is 1. The second-order valence-electron chi connectivity index (χ2n) is 6.03. The lowest BCUT2D eigenvalue weighted by molar-refractivity contribution is 0.0657. The van der Waals surface area contributed by atoms with Crippen molar-refractivity contribution in [2.45, 2.75) is 0 Å². The predicted octanol–water partition coefficient (Wildman–Crippen LogP) is 2.45. The van der Waals surface area contributed by atoms with E-state index in [4.69, 9.17) is 9.15 Å². The van der Waals surface area contributed by atoms with E-state index in [1.165, 1.54) is 6.26 Å². The lowest BCUT2D eigenvalue weighted by Crippen LogP contribution is -2.54. The van der Waals surface area contributed by atoms with Gasteiger partial charge in [-0.2, -0.15) is 0 Å². The van der Waals surface area contributed by atoms with Crippen molar-refractivity contribution in [2.24, 2.45) is 4.99 Å². The summed E-state index contributed by atoms with van der Waals surface area (Å²) in [6, 6.07) is 11.2. The molecule has 0 aliphatic carbocycles. The quantitative estimate of drug-likeness (QED) is 0.444. The van der Waals surface area contributed by atoms with Crippen molar-refractivity contribution >= 4 is 27.8 Å². The Bertz CT molecular complexity index is 754. The Morgan fingerprint density at radius 2 is 1.89 bits per heavy atom. The Kier molecular flexibility index (Phi) is 6.75. The summed E-state index contributed by atoms with van der Waals surface area (Å²) in [7, 11) is 1.76. The number of guanidine groups is 1. The number of furan rings is 1. The monoisotopic (exact) mass is 434 g/mol. The number of hydrogen-bond donors (Lipinski definition) is 1. The average Bonchev–Trinajstić information content (AvgIpc) is 3.24. The highest BCUT2D eigenvalue weighted by atomic mass is 79.9. The number of ether oxygens (including phenoxy) is 1. The van der Waals surface area contributed by atoms with Crippen LogP contribution in [0.4, 0.5) is 0 Å². The van der Waals surface area contributed by atoms with Gasteiger partial charge in [0.25, 0.3) is 5.91 Å². The highest BCUT2D eigenvalue weighted by Gasteiger charge is 2.24. The Morgan fingerprint density at radius 1 is 1.19 bits per heavy atom. The molecule has 0 spiro atoms. The van der Waals surface area contributed by atoms with E-state index in [0.717, 1.165) is 29.3 Å². The molecule has 1 aliphatic rings. The van der Waals surface area contributed by atoms with Crippen LogP contribution < -0.4 is 10.1 Å². The maximum Gasteiger partial charge on any atom is 0.289 e. The van der Waals surface area contributed by atoms with Crippen molar-refractivity contribution in [1.82, 2.24) is 15.1 Å². The highest BCUT2D eigenvalue weighted by Crippen LogP contribution is 2.15. The highest BCUT2D eigenvalue weighted by molar-refractivity contribution is 9.10. The van der Waals surface area contributed by atoms with Crippen molar-refractivity contribution < 1.29 is 13.9 Å². The topological polar surface area (TPSA) is 70.3 Å². The van der Waals surface area contributed by atoms with Gasteiger partial charge >= 0.3 is 0 Å². The second kappa shape index (κ2) is 9.45. The number of nitrogens with one attached hydrogen (secondary N) is 1. The first kappa shape index (κ1) is 19.3. The molecule has 144 valence electrons. The molecular weight excluding hydrogens is 412 g/mol. The first-order chi connectivity index (χ1) is 13.2. The Balaban J connectivity index is 1.41. The van der Waals surface area contributed by atoms with Gasteiger partial charge in [-0.3, -0.25) is 9.79 Å². The van der Waals surface area contributed by atoms with Crippen LogP contribution in [0.15, 0.2) is 56.5 Å². The van der Waals surface area contributed by atoms with Crippen LogP contribution >= 0.6 is 15.9 Å². The van der Waals surface area contributed by atoms with Crippen molar-refractivity contribution in [2.75, 3.05) is 46.4 Å². The zero-order valence-corrected chi connectivity index (χ0v) is 16.8. The van der Waals surface area contributed by atoms with Crippen LogP contribution in [-0.4, -0.2) is 68.0 Å². The molecule has 1 aromatic carbocycles. The fourth-order valence-corrected chi connectivity index (χ4v) is 3.14. The summed E-state index contributed by atoms with van der Waals surface area (Å²) in [5, 5.41) is 3.31. The van der Waals surface area contributed by atoms with Gasteiger partial charge < -0.3 is 24.3 Å². The van der Waals surface area contributed by atoms with Crippen LogP contribution in [0.25, 0.3) is 0 Å². The molecule has 1 N–H and O–H groups in total. The van der Waals surface area contributed by atoms with E-state index >= 15 is 0 Å². The fraction of sp³-hybridized carbons (Fsp3) is 0.368. The fourth-order valence-electron chi connectivity index (χ4n) is 2.87. The third kappa shape index (κ3) is 5.26. The summed E-state index contributed by atoms with van der Waals surface area (Å²) in [5.41, 5.74) is 0. The lowest BCUT2D eigenvalue weighted by atomic mass is 10.3. The van der Waals surface area contributed by atoms with E-state index in [2.05, 4.69) is 31.1 Å².